The summed E-state index contributed by atoms with van der Waals surface area (Å²) in [5.41, 5.74) is 8.01. The Bertz CT molecular complexity index is 2720. The van der Waals surface area contributed by atoms with Crippen LogP contribution < -0.4 is 16.0 Å². The van der Waals surface area contributed by atoms with E-state index in [1.54, 1.807) is 22.7 Å². The van der Waals surface area contributed by atoms with Crippen molar-refractivity contribution < 1.29 is 24.3 Å². The van der Waals surface area contributed by atoms with Crippen molar-refractivity contribution in [3.05, 3.63) is 104 Å². The number of nitrogens with one attached hydrogen (secondary N) is 3. The van der Waals surface area contributed by atoms with Crippen LogP contribution in [0.4, 0.5) is 0 Å². The summed E-state index contributed by atoms with van der Waals surface area (Å²) in [6.07, 6.45) is 0.400. The van der Waals surface area contributed by atoms with Gasteiger partial charge < -0.3 is 35.8 Å². The first-order valence-corrected chi connectivity index (χ1v) is 26.1. The van der Waals surface area contributed by atoms with Crippen LogP contribution in [0.1, 0.15) is 97.0 Å². The van der Waals surface area contributed by atoms with E-state index in [0.717, 1.165) is 94.1 Å². The molecule has 8 rings (SSSR count). The summed E-state index contributed by atoms with van der Waals surface area (Å²) in [5.74, 6) is 0.325. The van der Waals surface area contributed by atoms with Crippen LogP contribution in [0.3, 0.4) is 0 Å². The normalized spacial score (nSPS) is 19.0. The van der Waals surface area contributed by atoms with Crippen molar-refractivity contribution in [2.75, 3.05) is 52.4 Å². The second-order valence-corrected chi connectivity index (χ2v) is 22.2. The van der Waals surface area contributed by atoms with Gasteiger partial charge in [-0.2, -0.15) is 0 Å². The smallest absolute Gasteiger partial charge is 0.246 e. The van der Waals surface area contributed by atoms with Gasteiger partial charge in [0.05, 0.1) is 34.3 Å². The predicted octanol–water partition coefficient (Wildman–Crippen LogP) is 5.94. The fourth-order valence-electron chi connectivity index (χ4n) is 9.42. The van der Waals surface area contributed by atoms with Crippen molar-refractivity contribution in [1.82, 2.24) is 50.4 Å². The molecular formula is C51H64ClN11O5S2. The molecule has 0 bridgehead atoms. The number of likely N-dealkylation sites (tertiary alicyclic amines) is 1. The molecule has 4 N–H and O–H groups in total. The molecule has 5 aromatic rings. The van der Waals surface area contributed by atoms with E-state index in [9.17, 15) is 24.3 Å². The molecule has 372 valence electrons. The molecule has 4 amide bonds. The number of rotatable bonds is 16. The molecule has 0 radical (unpaired) electrons. The summed E-state index contributed by atoms with van der Waals surface area (Å²) in [5, 5.41) is 30.3. The minimum atomic E-state index is -0.889. The average Bonchev–Trinajstić information content (AvgIpc) is 4.10. The molecule has 6 heterocycles. The predicted molar refractivity (Wildman–Crippen MR) is 275 cm³/mol. The Balaban J connectivity index is 0.775. The number of fused-ring (bicyclic) bond motifs is 3. The quantitative estimate of drug-likeness (QED) is 0.0861. The first kappa shape index (κ1) is 51.0. The van der Waals surface area contributed by atoms with Gasteiger partial charge in [0.1, 0.15) is 29.0 Å². The second kappa shape index (κ2) is 22.0. The number of aliphatic imine (C=N–C) groups is 1. The van der Waals surface area contributed by atoms with Crippen LogP contribution in [0.25, 0.3) is 15.4 Å². The van der Waals surface area contributed by atoms with Gasteiger partial charge in [0.2, 0.25) is 23.6 Å². The van der Waals surface area contributed by atoms with E-state index in [1.807, 2.05) is 88.7 Å². The zero-order chi connectivity index (χ0) is 49.9. The number of benzene rings is 2. The monoisotopic (exact) mass is 1010 g/mol. The number of carbonyl (C=O) groups is 4. The number of carbonyl (C=O) groups excluding carboxylic acids is 4. The lowest BCUT2D eigenvalue weighted by Gasteiger charge is -2.36. The van der Waals surface area contributed by atoms with Gasteiger partial charge in [-0.05, 0) is 74.9 Å². The van der Waals surface area contributed by atoms with Crippen LogP contribution in [-0.4, -0.2) is 139 Å². The summed E-state index contributed by atoms with van der Waals surface area (Å²) < 4.78 is 2.05. The number of halogens is 1. The van der Waals surface area contributed by atoms with E-state index in [2.05, 4.69) is 59.3 Å². The number of hydrogen-bond acceptors (Lipinski definition) is 13. The van der Waals surface area contributed by atoms with E-state index in [1.165, 1.54) is 9.78 Å². The number of thiophene rings is 1. The third-order valence-electron chi connectivity index (χ3n) is 13.5. The fourth-order valence-corrected chi connectivity index (χ4v) is 11.6. The highest BCUT2D eigenvalue weighted by Crippen LogP contribution is 2.40. The Morgan fingerprint density at radius 2 is 1.57 bits per heavy atom. The van der Waals surface area contributed by atoms with Crippen molar-refractivity contribution in [3.8, 4) is 15.4 Å². The standard InChI is InChI=1S/C51H64ClN11O5S2/c1-30-32(3)70-50-43(30)44(35-13-15-37(52)16-14-35)56-39(47-59-58-33(4)63(47)50)26-42(66)53-18-8-19-60-21-23-61(24-22-60)20-17-41(65)57-46(51(5,6)7)49(68)62-28-38(64)25-40(62)48(67)54-27-34-9-11-36(12-10-34)45-31(2)55-29-69-45/h9-16,29,38-40,46,64H,8,17-28H2,1-7H3,(H,53,66)(H,54,67)(H,57,65)/t38-,39?,40+,46-/m1/s1. The van der Waals surface area contributed by atoms with Gasteiger partial charge in [-0.3, -0.25) is 28.7 Å². The van der Waals surface area contributed by atoms with Crippen molar-refractivity contribution in [2.24, 2.45) is 10.4 Å². The number of β-amino-alcohol motifs (C(OH)–C–C–N with tert-alkyl or cyclic N) is 1. The third-order valence-corrected chi connectivity index (χ3v) is 16.0. The Morgan fingerprint density at radius 3 is 2.24 bits per heavy atom. The highest BCUT2D eigenvalue weighted by molar-refractivity contribution is 7.15. The summed E-state index contributed by atoms with van der Waals surface area (Å²) >= 11 is 9.52. The van der Waals surface area contributed by atoms with Crippen LogP contribution in [-0.2, 0) is 25.7 Å². The van der Waals surface area contributed by atoms with Gasteiger partial charge in [0, 0.05) is 86.2 Å². The van der Waals surface area contributed by atoms with Crippen LogP contribution in [0.15, 0.2) is 59.0 Å². The molecule has 3 aromatic heterocycles. The Hall–Kier alpha value is -5.37. The summed E-state index contributed by atoms with van der Waals surface area (Å²) in [4.78, 5) is 72.6. The van der Waals surface area contributed by atoms with Crippen LogP contribution >= 0.6 is 34.3 Å². The number of nitrogens with zero attached hydrogens (tertiary/aromatic N) is 8. The summed E-state index contributed by atoms with van der Waals surface area (Å²) in [6, 6.07) is 13.3. The average molecular weight is 1010 g/mol. The number of thiazole rings is 1. The van der Waals surface area contributed by atoms with Gasteiger partial charge in [-0.15, -0.1) is 32.9 Å². The molecule has 3 aliphatic heterocycles. The molecule has 3 aliphatic rings. The van der Waals surface area contributed by atoms with Gasteiger partial charge >= 0.3 is 0 Å². The number of aliphatic hydroxyl groups is 1. The zero-order valence-electron chi connectivity index (χ0n) is 41.1. The van der Waals surface area contributed by atoms with E-state index >= 15 is 0 Å². The Labute approximate surface area is 422 Å². The number of aromatic nitrogens is 4. The zero-order valence-corrected chi connectivity index (χ0v) is 43.4. The Kier molecular flexibility index (Phi) is 16.0. The number of hydrogen-bond donors (Lipinski definition) is 4. The maximum atomic E-state index is 14.2. The molecule has 0 spiro atoms. The lowest BCUT2D eigenvalue weighted by atomic mass is 9.85. The molecule has 1 unspecified atom stereocenters. The molecule has 0 aliphatic carbocycles. The Morgan fingerprint density at radius 1 is 0.886 bits per heavy atom. The molecular weight excluding hydrogens is 946 g/mol. The van der Waals surface area contributed by atoms with Crippen molar-refractivity contribution in [2.45, 2.75) is 105 Å². The summed E-state index contributed by atoms with van der Waals surface area (Å²) in [7, 11) is 0. The topological polar surface area (TPSA) is 190 Å². The number of piperazine rings is 1. The molecule has 70 heavy (non-hydrogen) atoms. The highest BCUT2D eigenvalue weighted by Gasteiger charge is 2.44. The molecule has 19 heteroatoms. The van der Waals surface area contributed by atoms with Gasteiger partial charge in [-0.1, -0.05) is 68.8 Å². The molecule has 2 fully saturated rings. The molecule has 4 atom stereocenters. The number of aliphatic hydroxyl groups excluding tert-OH is 1. The van der Waals surface area contributed by atoms with Gasteiger partial charge in [-0.25, -0.2) is 4.98 Å². The van der Waals surface area contributed by atoms with E-state index in [0.29, 0.717) is 23.9 Å². The third kappa shape index (κ3) is 11.7. The lowest BCUT2D eigenvalue weighted by molar-refractivity contribution is -0.144. The lowest BCUT2D eigenvalue weighted by Crippen LogP contribution is -2.58. The fraction of sp³-hybridized carbons (Fsp3) is 0.490. The number of amides is 4. The first-order valence-electron chi connectivity index (χ1n) is 24.1. The van der Waals surface area contributed by atoms with Crippen molar-refractivity contribution in [3.63, 3.8) is 0 Å². The van der Waals surface area contributed by atoms with Gasteiger partial charge in [0.25, 0.3) is 0 Å². The maximum absolute atomic E-state index is 14.2. The molecule has 16 nitrogen and oxygen atoms in total. The van der Waals surface area contributed by atoms with Crippen molar-refractivity contribution >= 4 is 63.6 Å². The minimum Gasteiger partial charge on any atom is -0.391 e. The number of aryl methyl sites for hydroxylation is 3. The highest BCUT2D eigenvalue weighted by atomic mass is 35.5. The van der Waals surface area contributed by atoms with E-state index in [-0.39, 0.29) is 56.0 Å². The van der Waals surface area contributed by atoms with Crippen LogP contribution in [0, 0.1) is 33.1 Å². The molecule has 2 saturated heterocycles. The summed E-state index contributed by atoms with van der Waals surface area (Å²) in [6.45, 7) is 19.2. The van der Waals surface area contributed by atoms with E-state index < -0.39 is 29.6 Å². The molecule has 2 aromatic carbocycles. The molecule has 0 saturated carbocycles. The first-order chi connectivity index (χ1) is 33.4. The van der Waals surface area contributed by atoms with Crippen LogP contribution in [0.5, 0.6) is 0 Å². The van der Waals surface area contributed by atoms with Gasteiger partial charge in [0.15, 0.2) is 5.82 Å². The van der Waals surface area contributed by atoms with E-state index in [4.69, 9.17) is 16.6 Å². The maximum Gasteiger partial charge on any atom is 0.246 e. The minimum absolute atomic E-state index is 0.0159. The van der Waals surface area contributed by atoms with Crippen molar-refractivity contribution in [1.29, 1.82) is 0 Å². The largest absolute Gasteiger partial charge is 0.391 e. The van der Waals surface area contributed by atoms with Crippen LogP contribution in [0.2, 0.25) is 5.02 Å². The SMILES string of the molecule is Cc1ncsc1-c1ccc(CNC(=O)[C@@H]2C[C@@H](O)CN2C(=O)[C@@H](NC(=O)CCN2CCN(CCCNC(=O)CC3N=C(c4ccc(Cl)cc4)c4c(sc(C)c4C)-n4c(C)nnc43)CC2)C(C)(C)C)cc1. The second-order valence-electron chi connectivity index (χ2n) is 19.7.